The van der Waals surface area contributed by atoms with Gasteiger partial charge in [0.05, 0.1) is 11.5 Å². The van der Waals surface area contributed by atoms with Crippen molar-refractivity contribution < 1.29 is 9.59 Å². The van der Waals surface area contributed by atoms with Gasteiger partial charge in [0.1, 0.15) is 17.8 Å². The molecule has 2 aromatic heterocycles. The van der Waals surface area contributed by atoms with Gasteiger partial charge in [-0.25, -0.2) is 9.97 Å². The number of nitrogens with zero attached hydrogens (tertiary/aromatic N) is 5. The van der Waals surface area contributed by atoms with Gasteiger partial charge in [-0.1, -0.05) is 0 Å². The van der Waals surface area contributed by atoms with E-state index in [9.17, 15) is 9.59 Å². The lowest BCUT2D eigenvalue weighted by Crippen LogP contribution is -2.51. The van der Waals surface area contributed by atoms with Gasteiger partial charge >= 0.3 is 0 Å². The molecule has 0 aliphatic carbocycles. The molecule has 2 atom stereocenters. The van der Waals surface area contributed by atoms with E-state index in [4.69, 9.17) is 5.26 Å². The van der Waals surface area contributed by atoms with E-state index in [1.165, 1.54) is 13.3 Å². The van der Waals surface area contributed by atoms with E-state index in [0.29, 0.717) is 13.1 Å². The Bertz CT molecular complexity index is 839. The summed E-state index contributed by atoms with van der Waals surface area (Å²) in [5.41, 5.74) is 0.765. The minimum absolute atomic E-state index is 0.0667. The predicted octanol–water partition coefficient (Wildman–Crippen LogP) is 1.11. The number of Topliss-reactive ketones (excluding diaryl/α,β-unsaturated/α-hetero) is 1. The molecule has 2 aromatic rings. The molecule has 1 amide bonds. The monoisotopic (exact) mass is 340 g/mol. The van der Waals surface area contributed by atoms with E-state index in [2.05, 4.69) is 15.0 Å². The molecule has 0 spiro atoms. The number of anilines is 1. The number of likely N-dealkylation sites (N-methyl/N-ethyl adjacent to an activating group) is 1. The maximum atomic E-state index is 12.5. The molecule has 0 radical (unpaired) electrons. The van der Waals surface area contributed by atoms with E-state index in [-0.39, 0.29) is 6.04 Å². The summed E-state index contributed by atoms with van der Waals surface area (Å²) in [4.78, 5) is 39.3. The molecule has 25 heavy (non-hydrogen) atoms. The Morgan fingerprint density at radius 1 is 1.48 bits per heavy atom. The standard InChI is InChI=1S/C17H20N6O2/c1-11(24)14(8-18)17(25)23-7-3-4-12(9-23)22(2)16-13-5-6-19-15(13)20-10-21-16/h5-6,10,12,14H,3-4,7,9H2,1-2H3,(H,19,20,21). The molecule has 130 valence electrons. The van der Waals surface area contributed by atoms with Crippen LogP contribution in [0.15, 0.2) is 18.6 Å². The van der Waals surface area contributed by atoms with Crippen LogP contribution in [0.3, 0.4) is 0 Å². The fourth-order valence-electron chi connectivity index (χ4n) is 3.29. The fraction of sp³-hybridized carbons (Fsp3) is 0.471. The number of carbonyl (C=O) groups is 2. The van der Waals surface area contributed by atoms with Crippen LogP contribution in [0.1, 0.15) is 19.8 Å². The van der Waals surface area contributed by atoms with Crippen LogP contribution in [0, 0.1) is 17.2 Å². The number of amides is 1. The van der Waals surface area contributed by atoms with Crippen LogP contribution in [0.25, 0.3) is 11.0 Å². The number of fused-ring (bicyclic) bond motifs is 1. The molecular formula is C17H20N6O2. The van der Waals surface area contributed by atoms with Crippen molar-refractivity contribution in [2.45, 2.75) is 25.8 Å². The van der Waals surface area contributed by atoms with Crippen molar-refractivity contribution in [2.24, 2.45) is 5.92 Å². The molecule has 1 fully saturated rings. The minimum Gasteiger partial charge on any atom is -0.354 e. The Morgan fingerprint density at radius 2 is 2.28 bits per heavy atom. The molecular weight excluding hydrogens is 320 g/mol. The van der Waals surface area contributed by atoms with Crippen molar-refractivity contribution >= 4 is 28.5 Å². The third kappa shape index (κ3) is 3.18. The van der Waals surface area contributed by atoms with Crippen molar-refractivity contribution in [3.05, 3.63) is 18.6 Å². The molecule has 0 saturated carbocycles. The van der Waals surface area contributed by atoms with Gasteiger partial charge in [0.15, 0.2) is 11.7 Å². The second kappa shape index (κ2) is 6.89. The lowest BCUT2D eigenvalue weighted by atomic mass is 10.00. The van der Waals surface area contributed by atoms with Gasteiger partial charge in [0.25, 0.3) is 0 Å². The van der Waals surface area contributed by atoms with E-state index in [1.807, 2.05) is 30.3 Å². The van der Waals surface area contributed by atoms with Gasteiger partial charge in [0.2, 0.25) is 5.91 Å². The smallest absolute Gasteiger partial charge is 0.247 e. The second-order valence-corrected chi connectivity index (χ2v) is 6.30. The average molecular weight is 340 g/mol. The highest BCUT2D eigenvalue weighted by atomic mass is 16.2. The molecule has 3 rings (SSSR count). The highest BCUT2D eigenvalue weighted by Crippen LogP contribution is 2.26. The average Bonchev–Trinajstić information content (AvgIpc) is 3.10. The summed E-state index contributed by atoms with van der Waals surface area (Å²) in [5.74, 6) is -1.22. The number of nitriles is 1. The van der Waals surface area contributed by atoms with Crippen molar-refractivity contribution in [3.63, 3.8) is 0 Å². The van der Waals surface area contributed by atoms with Crippen molar-refractivity contribution in [3.8, 4) is 6.07 Å². The van der Waals surface area contributed by atoms with Gasteiger partial charge in [-0.2, -0.15) is 5.26 Å². The topological polar surface area (TPSA) is 106 Å². The Balaban J connectivity index is 1.79. The van der Waals surface area contributed by atoms with Crippen molar-refractivity contribution in [1.82, 2.24) is 19.9 Å². The summed E-state index contributed by atoms with van der Waals surface area (Å²) in [6.07, 6.45) is 5.06. The number of hydrogen-bond acceptors (Lipinski definition) is 6. The number of piperidine rings is 1. The molecule has 8 nitrogen and oxygen atoms in total. The van der Waals surface area contributed by atoms with Crippen LogP contribution < -0.4 is 4.90 Å². The fourth-order valence-corrected chi connectivity index (χ4v) is 3.29. The van der Waals surface area contributed by atoms with Gasteiger partial charge in [-0.3, -0.25) is 9.59 Å². The van der Waals surface area contributed by atoms with E-state index in [1.54, 1.807) is 4.90 Å². The molecule has 1 aliphatic rings. The number of hydrogen-bond donors (Lipinski definition) is 1. The van der Waals surface area contributed by atoms with Crippen molar-refractivity contribution in [2.75, 3.05) is 25.0 Å². The van der Waals surface area contributed by atoms with Crippen LogP contribution in [0.5, 0.6) is 0 Å². The summed E-state index contributed by atoms with van der Waals surface area (Å²) in [7, 11) is 1.94. The van der Waals surface area contributed by atoms with Gasteiger partial charge < -0.3 is 14.8 Å². The highest BCUT2D eigenvalue weighted by molar-refractivity contribution is 6.02. The third-order valence-corrected chi connectivity index (χ3v) is 4.71. The largest absolute Gasteiger partial charge is 0.354 e. The summed E-state index contributed by atoms with van der Waals surface area (Å²) in [6, 6.07) is 3.81. The molecule has 1 saturated heterocycles. The first-order chi connectivity index (χ1) is 12.0. The van der Waals surface area contributed by atoms with Crippen LogP contribution in [0.4, 0.5) is 5.82 Å². The normalized spacial score (nSPS) is 18.6. The van der Waals surface area contributed by atoms with Crippen molar-refractivity contribution in [1.29, 1.82) is 5.26 Å². The highest BCUT2D eigenvalue weighted by Gasteiger charge is 2.33. The quantitative estimate of drug-likeness (QED) is 0.836. The lowest BCUT2D eigenvalue weighted by molar-refractivity contribution is -0.139. The first-order valence-electron chi connectivity index (χ1n) is 8.22. The first-order valence-corrected chi connectivity index (χ1v) is 8.22. The zero-order chi connectivity index (χ0) is 18.0. The molecule has 3 heterocycles. The molecule has 1 aliphatic heterocycles. The van der Waals surface area contributed by atoms with Gasteiger partial charge in [-0.05, 0) is 25.8 Å². The lowest BCUT2D eigenvalue weighted by Gasteiger charge is -2.38. The second-order valence-electron chi connectivity index (χ2n) is 6.30. The number of ketones is 1. The summed E-state index contributed by atoms with van der Waals surface area (Å²) in [5, 5.41) is 10.0. The van der Waals surface area contributed by atoms with Gasteiger partial charge in [0, 0.05) is 32.4 Å². The van der Waals surface area contributed by atoms with Crippen LogP contribution >= 0.6 is 0 Å². The van der Waals surface area contributed by atoms with Crippen LogP contribution in [0.2, 0.25) is 0 Å². The Hall–Kier alpha value is -2.95. The molecule has 2 unspecified atom stereocenters. The van der Waals surface area contributed by atoms with Crippen LogP contribution in [-0.4, -0.2) is 57.7 Å². The number of nitrogens with one attached hydrogen (secondary N) is 1. The number of carbonyl (C=O) groups excluding carboxylic acids is 2. The van der Waals surface area contributed by atoms with Gasteiger partial charge in [-0.15, -0.1) is 0 Å². The Kier molecular flexibility index (Phi) is 4.65. The van der Waals surface area contributed by atoms with E-state index < -0.39 is 17.6 Å². The number of aromatic amines is 1. The predicted molar refractivity (Wildman–Crippen MR) is 91.7 cm³/mol. The molecule has 0 bridgehead atoms. The van der Waals surface area contributed by atoms with Crippen LogP contribution in [-0.2, 0) is 9.59 Å². The maximum absolute atomic E-state index is 12.5. The molecule has 8 heteroatoms. The zero-order valence-corrected chi connectivity index (χ0v) is 14.3. The zero-order valence-electron chi connectivity index (χ0n) is 14.3. The van der Waals surface area contributed by atoms with E-state index in [0.717, 1.165) is 29.7 Å². The first kappa shape index (κ1) is 16.9. The molecule has 1 N–H and O–H groups in total. The summed E-state index contributed by atoms with van der Waals surface area (Å²) < 4.78 is 0. The number of H-pyrrole nitrogens is 1. The maximum Gasteiger partial charge on any atom is 0.247 e. The summed E-state index contributed by atoms with van der Waals surface area (Å²) in [6.45, 7) is 2.32. The number of likely N-dealkylation sites (tertiary alicyclic amines) is 1. The Labute approximate surface area is 145 Å². The summed E-state index contributed by atoms with van der Waals surface area (Å²) >= 11 is 0. The van der Waals surface area contributed by atoms with E-state index >= 15 is 0 Å². The number of aromatic nitrogens is 3. The minimum atomic E-state index is -1.21. The SMILES string of the molecule is CC(=O)C(C#N)C(=O)N1CCCC(N(C)c2ncnc3[nH]ccc23)C1. The number of rotatable bonds is 4. The third-order valence-electron chi connectivity index (χ3n) is 4.71. The molecule has 0 aromatic carbocycles. The Morgan fingerprint density at radius 3 is 3.00 bits per heavy atom.